The third-order valence-electron chi connectivity index (χ3n) is 6.27. The van der Waals surface area contributed by atoms with Crippen molar-refractivity contribution in [3.05, 3.63) is 81.8 Å². The van der Waals surface area contributed by atoms with Crippen LogP contribution in [0.4, 0.5) is 26.3 Å². The van der Waals surface area contributed by atoms with Gasteiger partial charge in [-0.2, -0.15) is 26.3 Å². The van der Waals surface area contributed by atoms with Gasteiger partial charge in [0.25, 0.3) is 0 Å². The normalized spacial score (nSPS) is 22.1. The van der Waals surface area contributed by atoms with Crippen molar-refractivity contribution in [3.63, 3.8) is 0 Å². The molecule has 0 bridgehead atoms. The Morgan fingerprint density at radius 3 is 1.67 bits per heavy atom. The zero-order valence-electron chi connectivity index (χ0n) is 18.6. The second-order valence-electron chi connectivity index (χ2n) is 8.46. The van der Waals surface area contributed by atoms with Gasteiger partial charge in [-0.1, -0.05) is 60.7 Å². The van der Waals surface area contributed by atoms with Crippen molar-refractivity contribution >= 4 is 22.7 Å². The molecule has 2 atom stereocenters. The maximum atomic E-state index is 15.3. The Hall–Kier alpha value is -2.76. The van der Waals surface area contributed by atoms with Crippen molar-refractivity contribution in [3.8, 4) is 21.1 Å². The van der Waals surface area contributed by atoms with Crippen LogP contribution in [-0.4, -0.2) is 32.8 Å². The molecule has 2 heterocycles. The number of benzene rings is 2. The van der Waals surface area contributed by atoms with Gasteiger partial charge < -0.3 is 5.11 Å². The first kappa shape index (κ1) is 24.9. The van der Waals surface area contributed by atoms with E-state index in [2.05, 4.69) is 9.97 Å². The van der Waals surface area contributed by atoms with Crippen molar-refractivity contribution in [2.24, 2.45) is 0 Å². The predicted octanol–water partition coefficient (Wildman–Crippen LogP) is 7.52. The number of hydrogen-bond donors (Lipinski definition) is 1. The van der Waals surface area contributed by atoms with Crippen LogP contribution in [0.5, 0.6) is 0 Å². The van der Waals surface area contributed by atoms with E-state index in [4.69, 9.17) is 0 Å². The molecule has 188 valence electrons. The standard InChI is InChI=1S/C25H18F6N2OS2/c1-13-19(35-21(32-13)14-8-4-2-5-9-14)17-18(24(28,29)25(30,31)23(17,26)27)20-16(12-34)33-22(36-20)15-10-6-3-7-11-15/h2-11,17-18,34H,12H2,1H3. The Bertz CT molecular complexity index is 1390. The smallest absolute Gasteiger partial charge is 0.373 e. The van der Waals surface area contributed by atoms with Crippen molar-refractivity contribution < 1.29 is 31.4 Å². The number of thiazole rings is 2. The highest BCUT2D eigenvalue weighted by atomic mass is 32.1. The first-order chi connectivity index (χ1) is 17.0. The number of nitrogens with zero attached hydrogens (tertiary/aromatic N) is 2. The maximum Gasteiger partial charge on any atom is 0.373 e. The average molecular weight is 541 g/mol. The minimum Gasteiger partial charge on any atom is -0.390 e. The molecule has 1 saturated carbocycles. The lowest BCUT2D eigenvalue weighted by Gasteiger charge is -2.24. The number of rotatable bonds is 5. The van der Waals surface area contributed by atoms with Gasteiger partial charge in [0.15, 0.2) is 0 Å². The SMILES string of the molecule is Cc1nc(-c2ccccc2)sc1C1C(c2sc(-c3ccccc3)nc2CO)C(F)(F)C(F)(F)C1(F)F. The molecule has 3 nitrogen and oxygen atoms in total. The number of alkyl halides is 6. The summed E-state index contributed by atoms with van der Waals surface area (Å²) in [6.45, 7) is 0.473. The molecule has 2 aromatic heterocycles. The second-order valence-corrected chi connectivity index (χ2v) is 10.5. The third-order valence-corrected chi connectivity index (χ3v) is 8.79. The number of aliphatic hydroxyl groups is 1. The lowest BCUT2D eigenvalue weighted by Crippen LogP contribution is -2.48. The zero-order valence-corrected chi connectivity index (χ0v) is 20.2. The molecule has 2 aromatic carbocycles. The molecule has 0 amide bonds. The van der Waals surface area contributed by atoms with Crippen LogP contribution in [0.2, 0.25) is 0 Å². The van der Waals surface area contributed by atoms with E-state index in [1.807, 2.05) is 0 Å². The molecule has 1 N–H and O–H groups in total. The van der Waals surface area contributed by atoms with E-state index in [9.17, 15) is 13.9 Å². The van der Waals surface area contributed by atoms with Crippen molar-refractivity contribution in [1.29, 1.82) is 0 Å². The summed E-state index contributed by atoms with van der Waals surface area (Å²) in [5, 5.41) is 10.3. The fourth-order valence-electron chi connectivity index (χ4n) is 4.49. The van der Waals surface area contributed by atoms with E-state index < -0.39 is 41.1 Å². The van der Waals surface area contributed by atoms with E-state index in [-0.39, 0.29) is 26.3 Å². The summed E-state index contributed by atoms with van der Waals surface area (Å²) in [6.07, 6.45) is 0. The van der Waals surface area contributed by atoms with Crippen molar-refractivity contribution in [2.45, 2.75) is 43.1 Å². The molecular formula is C25H18F6N2OS2. The first-order valence-corrected chi connectivity index (χ1v) is 12.5. The Balaban J connectivity index is 1.71. The molecular weight excluding hydrogens is 522 g/mol. The van der Waals surface area contributed by atoms with Gasteiger partial charge in [-0.25, -0.2) is 9.97 Å². The van der Waals surface area contributed by atoms with E-state index in [1.165, 1.54) is 6.92 Å². The van der Waals surface area contributed by atoms with Crippen LogP contribution >= 0.6 is 22.7 Å². The summed E-state index contributed by atoms with van der Waals surface area (Å²) in [5.41, 5.74) is 0.682. The molecule has 1 aliphatic carbocycles. The Labute approximate surface area is 210 Å². The van der Waals surface area contributed by atoms with Gasteiger partial charge >= 0.3 is 17.8 Å². The van der Waals surface area contributed by atoms with Crippen molar-refractivity contribution in [1.82, 2.24) is 9.97 Å². The van der Waals surface area contributed by atoms with Crippen LogP contribution in [0.15, 0.2) is 60.7 Å². The number of aryl methyl sites for hydroxylation is 1. The molecule has 1 aliphatic rings. The summed E-state index contributed by atoms with van der Waals surface area (Å²) >= 11 is 1.30. The van der Waals surface area contributed by atoms with Crippen molar-refractivity contribution in [2.75, 3.05) is 0 Å². The minimum absolute atomic E-state index is 0.0274. The van der Waals surface area contributed by atoms with E-state index >= 15 is 17.6 Å². The highest BCUT2D eigenvalue weighted by molar-refractivity contribution is 7.16. The summed E-state index contributed by atoms with van der Waals surface area (Å²) in [7, 11) is 0. The van der Waals surface area contributed by atoms with Crippen LogP contribution in [0.1, 0.15) is 33.0 Å². The molecule has 5 rings (SSSR count). The average Bonchev–Trinajstić information content (AvgIpc) is 3.48. The molecule has 2 unspecified atom stereocenters. The van der Waals surface area contributed by atoms with Gasteiger partial charge in [-0.3, -0.25) is 0 Å². The largest absolute Gasteiger partial charge is 0.390 e. The maximum absolute atomic E-state index is 15.3. The van der Waals surface area contributed by atoms with Crippen LogP contribution in [0.3, 0.4) is 0 Å². The van der Waals surface area contributed by atoms with Gasteiger partial charge in [-0.05, 0) is 6.92 Å². The van der Waals surface area contributed by atoms with E-state index in [1.54, 1.807) is 60.7 Å². The van der Waals surface area contributed by atoms with Gasteiger partial charge in [0.2, 0.25) is 0 Å². The van der Waals surface area contributed by atoms with Crippen LogP contribution in [0.25, 0.3) is 21.1 Å². The second kappa shape index (κ2) is 8.67. The number of aromatic nitrogens is 2. The lowest BCUT2D eigenvalue weighted by molar-refractivity contribution is -0.274. The predicted molar refractivity (Wildman–Crippen MR) is 126 cm³/mol. The number of halogens is 6. The van der Waals surface area contributed by atoms with Crippen LogP contribution in [-0.2, 0) is 6.61 Å². The fourth-order valence-corrected chi connectivity index (χ4v) is 6.99. The summed E-state index contributed by atoms with van der Waals surface area (Å²) in [5.74, 6) is -21.0. The molecule has 0 aliphatic heterocycles. The molecule has 0 saturated heterocycles. The monoisotopic (exact) mass is 540 g/mol. The number of aliphatic hydroxyl groups excluding tert-OH is 1. The Morgan fingerprint density at radius 2 is 1.17 bits per heavy atom. The summed E-state index contributed by atoms with van der Waals surface area (Å²) in [4.78, 5) is 7.55. The third kappa shape index (κ3) is 3.59. The van der Waals surface area contributed by atoms with Crippen LogP contribution in [0, 0.1) is 6.92 Å². The first-order valence-electron chi connectivity index (χ1n) is 10.8. The van der Waals surface area contributed by atoms with Crippen LogP contribution < -0.4 is 0 Å². The highest BCUT2D eigenvalue weighted by Crippen LogP contribution is 2.70. The summed E-state index contributed by atoms with van der Waals surface area (Å²) in [6, 6.07) is 16.7. The fraction of sp³-hybridized carbons (Fsp3) is 0.280. The molecule has 4 aromatic rings. The Kier molecular flexibility index (Phi) is 6.00. The molecule has 11 heteroatoms. The lowest BCUT2D eigenvalue weighted by atomic mass is 9.88. The molecule has 36 heavy (non-hydrogen) atoms. The van der Waals surface area contributed by atoms with Gasteiger partial charge in [-0.15, -0.1) is 22.7 Å². The van der Waals surface area contributed by atoms with Gasteiger partial charge in [0.1, 0.15) is 10.0 Å². The Morgan fingerprint density at radius 1 is 0.722 bits per heavy atom. The molecule has 0 radical (unpaired) electrons. The van der Waals surface area contributed by atoms with Gasteiger partial charge in [0.05, 0.1) is 29.8 Å². The molecule has 0 spiro atoms. The summed E-state index contributed by atoms with van der Waals surface area (Å²) < 4.78 is 91.0. The molecule has 1 fully saturated rings. The zero-order chi connectivity index (χ0) is 25.9. The number of hydrogen-bond acceptors (Lipinski definition) is 5. The topological polar surface area (TPSA) is 46.0 Å². The quantitative estimate of drug-likeness (QED) is 0.266. The van der Waals surface area contributed by atoms with E-state index in [0.29, 0.717) is 33.8 Å². The highest BCUT2D eigenvalue weighted by Gasteiger charge is 2.85. The van der Waals surface area contributed by atoms with Gasteiger partial charge in [0, 0.05) is 20.9 Å². The van der Waals surface area contributed by atoms with E-state index in [0.717, 1.165) is 0 Å². The minimum atomic E-state index is -5.64.